The first-order valence-corrected chi connectivity index (χ1v) is 8.27. The lowest BCUT2D eigenvalue weighted by atomic mass is 10.1. The average Bonchev–Trinajstić information content (AvgIpc) is 2.92. The molecule has 2 aromatic rings. The number of nitrogens with one attached hydrogen (secondary N) is 2. The number of para-hydroxylation sites is 1. The molecule has 29 heavy (non-hydrogen) atoms. The highest BCUT2D eigenvalue weighted by Crippen LogP contribution is 2.48. The van der Waals surface area contributed by atoms with Crippen molar-refractivity contribution in [2.75, 3.05) is 5.32 Å². The molecule has 13 heteroatoms. The first-order valence-electron chi connectivity index (χ1n) is 7.51. The number of ether oxygens (including phenoxy) is 2. The summed E-state index contributed by atoms with van der Waals surface area (Å²) in [7, 11) is 0. The molecular weight excluding hydrogens is 453 g/mol. The number of hydrogen-bond donors (Lipinski definition) is 2. The predicted octanol–water partition coefficient (Wildman–Crippen LogP) is 5.82. The van der Waals surface area contributed by atoms with Crippen LogP contribution in [-0.2, 0) is 6.18 Å². The van der Waals surface area contributed by atoms with E-state index in [-0.39, 0.29) is 10.0 Å². The van der Waals surface area contributed by atoms with Crippen LogP contribution in [0.4, 0.5) is 36.8 Å². The number of hydrogen-bond acceptors (Lipinski definition) is 3. The van der Waals surface area contributed by atoms with E-state index in [4.69, 9.17) is 32.7 Å². The van der Waals surface area contributed by atoms with Gasteiger partial charge in [0.2, 0.25) is 0 Å². The molecule has 0 atom stereocenters. The van der Waals surface area contributed by atoms with Crippen LogP contribution in [0.2, 0.25) is 10.0 Å². The van der Waals surface area contributed by atoms with E-state index in [1.54, 1.807) is 5.32 Å². The van der Waals surface area contributed by atoms with E-state index in [9.17, 15) is 31.1 Å². The summed E-state index contributed by atoms with van der Waals surface area (Å²) >= 11 is 11.4. The van der Waals surface area contributed by atoms with Gasteiger partial charge in [0.15, 0.2) is 11.5 Å². The van der Waals surface area contributed by atoms with Crippen molar-refractivity contribution >= 4 is 34.9 Å². The van der Waals surface area contributed by atoms with Gasteiger partial charge in [-0.2, -0.15) is 26.3 Å². The SMILES string of the molecule is O=C(Nc1ccccc1C(F)(F)F)NC1(C(F)(F)F)Oc2cc(Cl)c(Cl)cc2O1. The monoisotopic (exact) mass is 460 g/mol. The third-order valence-corrected chi connectivity index (χ3v) is 4.35. The minimum Gasteiger partial charge on any atom is -0.424 e. The molecule has 3 rings (SSSR count). The van der Waals surface area contributed by atoms with Crippen LogP contribution in [0, 0.1) is 0 Å². The minimum absolute atomic E-state index is 0.143. The van der Waals surface area contributed by atoms with Crippen LogP contribution in [0.25, 0.3) is 0 Å². The number of carbonyl (C=O) groups excluding carboxylic acids is 1. The predicted molar refractivity (Wildman–Crippen MR) is 90.1 cm³/mol. The Labute approximate surface area is 168 Å². The molecule has 0 aromatic heterocycles. The summed E-state index contributed by atoms with van der Waals surface area (Å²) in [4.78, 5) is 12.1. The van der Waals surface area contributed by atoms with Crippen LogP contribution in [-0.4, -0.2) is 18.1 Å². The zero-order chi connectivity index (χ0) is 21.6. The second-order valence-electron chi connectivity index (χ2n) is 5.65. The van der Waals surface area contributed by atoms with Crippen LogP contribution in [0.1, 0.15) is 5.56 Å². The second kappa shape index (κ2) is 7.06. The van der Waals surface area contributed by atoms with Gasteiger partial charge < -0.3 is 14.8 Å². The van der Waals surface area contributed by atoms with Crippen LogP contribution >= 0.6 is 23.2 Å². The Morgan fingerprint density at radius 3 is 1.93 bits per heavy atom. The van der Waals surface area contributed by atoms with Gasteiger partial charge >= 0.3 is 24.3 Å². The van der Waals surface area contributed by atoms with Crippen molar-refractivity contribution in [3.63, 3.8) is 0 Å². The number of carbonyl (C=O) groups is 1. The summed E-state index contributed by atoms with van der Waals surface area (Å²) in [6.45, 7) is 0. The Hall–Kier alpha value is -2.53. The normalized spacial score (nSPS) is 15.2. The standard InChI is InChI=1S/C16H8Cl2F6N2O3/c17-8-5-11-12(6-9(8)18)29-16(28-11,15(22,23)24)26-13(27)25-10-4-2-1-3-7(10)14(19,20)21/h1-6H,(H2,25,26,27). The lowest BCUT2D eigenvalue weighted by molar-refractivity contribution is -0.317. The van der Waals surface area contributed by atoms with Gasteiger partial charge in [-0.3, -0.25) is 5.32 Å². The summed E-state index contributed by atoms with van der Waals surface area (Å²) in [5, 5.41) is 2.79. The maximum absolute atomic E-state index is 13.6. The van der Waals surface area contributed by atoms with E-state index >= 15 is 0 Å². The molecule has 0 radical (unpaired) electrons. The molecule has 0 unspecified atom stereocenters. The maximum Gasteiger partial charge on any atom is 0.492 e. The number of anilines is 1. The molecule has 5 nitrogen and oxygen atoms in total. The van der Waals surface area contributed by atoms with Gasteiger partial charge in [-0.25, -0.2) is 4.79 Å². The molecule has 156 valence electrons. The van der Waals surface area contributed by atoms with Crippen LogP contribution in [0.3, 0.4) is 0 Å². The summed E-state index contributed by atoms with van der Waals surface area (Å²) in [5.41, 5.74) is -2.03. The molecule has 0 saturated heterocycles. The highest BCUT2D eigenvalue weighted by atomic mass is 35.5. The van der Waals surface area contributed by atoms with Gasteiger partial charge in [0.25, 0.3) is 0 Å². The molecule has 0 fully saturated rings. The minimum atomic E-state index is -5.33. The zero-order valence-corrected chi connectivity index (χ0v) is 15.2. The van der Waals surface area contributed by atoms with Crippen LogP contribution in [0.5, 0.6) is 11.5 Å². The lowest BCUT2D eigenvalue weighted by Crippen LogP contribution is -2.65. The topological polar surface area (TPSA) is 59.6 Å². The summed E-state index contributed by atoms with van der Waals surface area (Å²) in [5.74, 6) is -4.67. The summed E-state index contributed by atoms with van der Waals surface area (Å²) in [6, 6.07) is 3.94. The quantitative estimate of drug-likeness (QED) is 0.555. The number of rotatable bonds is 2. The number of halogens is 8. The van der Waals surface area contributed by atoms with E-state index in [1.165, 1.54) is 5.32 Å². The van der Waals surface area contributed by atoms with E-state index in [0.29, 0.717) is 6.07 Å². The van der Waals surface area contributed by atoms with Gasteiger partial charge in [0.1, 0.15) is 0 Å². The van der Waals surface area contributed by atoms with E-state index in [2.05, 4.69) is 0 Å². The fourth-order valence-electron chi connectivity index (χ4n) is 2.38. The van der Waals surface area contributed by atoms with Crippen molar-refractivity contribution in [1.29, 1.82) is 0 Å². The second-order valence-corrected chi connectivity index (χ2v) is 6.47. The van der Waals surface area contributed by atoms with Crippen LogP contribution < -0.4 is 20.1 Å². The molecule has 2 amide bonds. The molecule has 0 aliphatic carbocycles. The van der Waals surface area contributed by atoms with E-state index in [0.717, 1.165) is 30.3 Å². The Bertz CT molecular complexity index is 934. The molecule has 0 bridgehead atoms. The fourth-order valence-corrected chi connectivity index (χ4v) is 2.69. The summed E-state index contributed by atoms with van der Waals surface area (Å²) in [6.07, 6.45) is -10.2. The zero-order valence-electron chi connectivity index (χ0n) is 13.7. The van der Waals surface area contributed by atoms with Gasteiger partial charge in [-0.1, -0.05) is 35.3 Å². The number of amides is 2. The molecule has 1 heterocycles. The van der Waals surface area contributed by atoms with Gasteiger partial charge in [-0.05, 0) is 12.1 Å². The van der Waals surface area contributed by atoms with Crippen molar-refractivity contribution in [1.82, 2.24) is 5.32 Å². The Balaban J connectivity index is 1.88. The Morgan fingerprint density at radius 2 is 1.45 bits per heavy atom. The maximum atomic E-state index is 13.6. The van der Waals surface area contributed by atoms with Crippen molar-refractivity contribution in [3.8, 4) is 11.5 Å². The third kappa shape index (κ3) is 4.10. The van der Waals surface area contributed by atoms with Crippen molar-refractivity contribution in [3.05, 3.63) is 52.0 Å². The van der Waals surface area contributed by atoms with Crippen molar-refractivity contribution < 1.29 is 40.6 Å². The fraction of sp³-hybridized carbons (Fsp3) is 0.188. The molecule has 0 spiro atoms. The highest BCUT2D eigenvalue weighted by molar-refractivity contribution is 6.42. The summed E-state index contributed by atoms with van der Waals surface area (Å²) < 4.78 is 89.3. The number of benzene rings is 2. The largest absolute Gasteiger partial charge is 0.492 e. The smallest absolute Gasteiger partial charge is 0.424 e. The van der Waals surface area contributed by atoms with Gasteiger partial charge in [0.05, 0.1) is 21.3 Å². The Kier molecular flexibility index (Phi) is 5.16. The molecule has 2 aromatic carbocycles. The van der Waals surface area contributed by atoms with E-state index < -0.39 is 47.0 Å². The molecule has 0 saturated carbocycles. The van der Waals surface area contributed by atoms with E-state index in [1.807, 2.05) is 0 Å². The van der Waals surface area contributed by atoms with Gasteiger partial charge in [0, 0.05) is 12.1 Å². The lowest BCUT2D eigenvalue weighted by Gasteiger charge is -2.29. The molecular formula is C16H8Cl2F6N2O3. The van der Waals surface area contributed by atoms with Gasteiger partial charge in [-0.15, -0.1) is 0 Å². The number of fused-ring (bicyclic) bond motifs is 1. The first-order chi connectivity index (χ1) is 13.3. The van der Waals surface area contributed by atoms with Crippen molar-refractivity contribution in [2.45, 2.75) is 18.3 Å². The molecule has 1 aliphatic rings. The number of alkyl halides is 6. The third-order valence-electron chi connectivity index (χ3n) is 3.63. The highest BCUT2D eigenvalue weighted by Gasteiger charge is 2.66. The number of urea groups is 1. The molecule has 2 N–H and O–H groups in total. The van der Waals surface area contributed by atoms with Crippen LogP contribution in [0.15, 0.2) is 36.4 Å². The average molecular weight is 461 g/mol. The van der Waals surface area contributed by atoms with Crippen molar-refractivity contribution in [2.24, 2.45) is 0 Å². The Morgan fingerprint density at radius 1 is 0.931 bits per heavy atom. The molecule has 1 aliphatic heterocycles. The first kappa shape index (κ1) is 21.2.